The summed E-state index contributed by atoms with van der Waals surface area (Å²) in [6.07, 6.45) is -0.508. The Morgan fingerprint density at radius 3 is 1.50 bits per heavy atom. The minimum Gasteiger partial charge on any atom is -0.324 e. The van der Waals surface area contributed by atoms with Gasteiger partial charge in [-0.05, 0) is 135 Å². The zero-order valence-corrected chi connectivity index (χ0v) is 36.4. The number of benzene rings is 10. The molecule has 0 saturated heterocycles. The Kier molecular flexibility index (Phi) is 7.77. The van der Waals surface area contributed by atoms with Gasteiger partial charge in [0.2, 0.25) is 0 Å². The lowest BCUT2D eigenvalue weighted by Crippen LogP contribution is -2.36. The maximum absolute atomic E-state index is 5.58. The summed E-state index contributed by atoms with van der Waals surface area (Å²) < 4.78 is 0. The van der Waals surface area contributed by atoms with Gasteiger partial charge in [-0.15, -0.1) is 0 Å². The van der Waals surface area contributed by atoms with Crippen molar-refractivity contribution >= 4 is 44.0 Å². The van der Waals surface area contributed by atoms with Crippen LogP contribution in [0.5, 0.6) is 0 Å². The van der Waals surface area contributed by atoms with E-state index in [0.717, 1.165) is 39.5 Å². The number of nitrogens with zero attached hydrogens (tertiary/aromatic N) is 2. The molecule has 10 aromatic carbocycles. The Hall–Kier alpha value is -7.62. The third-order valence-corrected chi connectivity index (χ3v) is 14.7. The molecule has 3 heteroatoms. The first kappa shape index (κ1) is 37.0. The van der Waals surface area contributed by atoms with Gasteiger partial charge >= 0.3 is 0 Å². The fraction of sp³-hybridized carbons (Fsp3) is 0.115. The molecular weight excluding hydrogens is 775 g/mol. The standard InChI is InChI=1S/C61H45N3/c1-60(2)51-19-10-8-17-45(51)49-34-40(25-29-53(49)60)42-31-43(41-26-30-54-50(35-41)46-18-9-11-20-52(46)61(54,3)4)33-44(32-42)58-62-57(39-13-6-5-7-14-39)63-59(64-58)48-28-24-38-22-21-36-15-12-16-37-23-27-47(48)56(38)55(36)37/h5-35,58H,1-4H3,(H,62,63,64). The number of hydrogen-bond acceptors (Lipinski definition) is 3. The highest BCUT2D eigenvalue weighted by atomic mass is 15.2. The second kappa shape index (κ2) is 13.4. The van der Waals surface area contributed by atoms with E-state index in [2.05, 4.69) is 221 Å². The van der Waals surface area contributed by atoms with Gasteiger partial charge in [0, 0.05) is 22.0 Å². The van der Waals surface area contributed by atoms with Gasteiger partial charge < -0.3 is 5.32 Å². The van der Waals surface area contributed by atoms with Gasteiger partial charge in [-0.2, -0.15) is 0 Å². The van der Waals surface area contributed by atoms with Gasteiger partial charge in [-0.1, -0.05) is 185 Å². The minimum absolute atomic E-state index is 0.0696. The predicted molar refractivity (Wildman–Crippen MR) is 268 cm³/mol. The quantitative estimate of drug-likeness (QED) is 0.173. The van der Waals surface area contributed by atoms with Crippen molar-refractivity contribution in [2.24, 2.45) is 9.98 Å². The van der Waals surface area contributed by atoms with Gasteiger partial charge in [0.15, 0.2) is 6.17 Å². The predicted octanol–water partition coefficient (Wildman–Crippen LogP) is 15.0. The Morgan fingerprint density at radius 2 is 0.875 bits per heavy atom. The van der Waals surface area contributed by atoms with Crippen molar-refractivity contribution < 1.29 is 0 Å². The summed E-state index contributed by atoms with van der Waals surface area (Å²) in [6.45, 7) is 9.39. The third-order valence-electron chi connectivity index (χ3n) is 14.7. The van der Waals surface area contributed by atoms with Crippen LogP contribution < -0.4 is 5.32 Å². The maximum atomic E-state index is 5.58. The van der Waals surface area contributed by atoms with Crippen molar-refractivity contribution in [2.45, 2.75) is 44.7 Å². The summed E-state index contributed by atoms with van der Waals surface area (Å²) in [6, 6.07) is 69.5. The molecule has 0 fully saturated rings. The van der Waals surface area contributed by atoms with Crippen molar-refractivity contribution in [3.63, 3.8) is 0 Å². The van der Waals surface area contributed by atoms with Crippen LogP contribution in [-0.4, -0.2) is 11.7 Å². The van der Waals surface area contributed by atoms with Crippen molar-refractivity contribution in [2.75, 3.05) is 0 Å². The van der Waals surface area contributed by atoms with Crippen molar-refractivity contribution in [1.82, 2.24) is 5.32 Å². The van der Waals surface area contributed by atoms with Crippen LogP contribution in [0.4, 0.5) is 0 Å². The number of aliphatic imine (C=N–C) groups is 2. The number of nitrogens with one attached hydrogen (secondary N) is 1. The molecule has 0 amide bonds. The fourth-order valence-corrected chi connectivity index (χ4v) is 11.4. The van der Waals surface area contributed by atoms with Gasteiger partial charge in [-0.25, -0.2) is 9.98 Å². The van der Waals surface area contributed by atoms with Crippen molar-refractivity contribution in [3.8, 4) is 44.5 Å². The van der Waals surface area contributed by atoms with Crippen LogP contribution >= 0.6 is 0 Å². The monoisotopic (exact) mass is 819 g/mol. The third kappa shape index (κ3) is 5.40. The van der Waals surface area contributed by atoms with Crippen LogP contribution in [0.15, 0.2) is 198 Å². The Morgan fingerprint density at radius 1 is 0.359 bits per heavy atom. The van der Waals surface area contributed by atoms with Gasteiger partial charge in [-0.3, -0.25) is 0 Å². The van der Waals surface area contributed by atoms with Gasteiger partial charge in [0.25, 0.3) is 0 Å². The highest BCUT2D eigenvalue weighted by Crippen LogP contribution is 2.51. The van der Waals surface area contributed by atoms with Crippen LogP contribution in [0.25, 0.3) is 76.8 Å². The van der Waals surface area contributed by atoms with Crippen molar-refractivity contribution in [1.29, 1.82) is 0 Å². The van der Waals surface area contributed by atoms with E-state index in [0.29, 0.717) is 0 Å². The lowest BCUT2D eigenvalue weighted by Gasteiger charge is -2.24. The van der Waals surface area contributed by atoms with Crippen LogP contribution in [-0.2, 0) is 10.8 Å². The minimum atomic E-state index is -0.508. The van der Waals surface area contributed by atoms with E-state index in [4.69, 9.17) is 9.98 Å². The molecule has 304 valence electrons. The zero-order chi connectivity index (χ0) is 42.9. The van der Waals surface area contributed by atoms with Crippen LogP contribution in [0.1, 0.15) is 72.8 Å². The van der Waals surface area contributed by atoms with Crippen LogP contribution in [0, 0.1) is 0 Å². The lowest BCUT2D eigenvalue weighted by molar-refractivity contribution is 0.660. The summed E-state index contributed by atoms with van der Waals surface area (Å²) in [5.41, 5.74) is 18.4. The molecular formula is C61H45N3. The number of amidine groups is 2. The number of hydrogen-bond donors (Lipinski definition) is 1. The maximum Gasteiger partial charge on any atom is 0.169 e. The Labute approximate surface area is 373 Å². The molecule has 0 bridgehead atoms. The van der Waals surface area contributed by atoms with Gasteiger partial charge in [0.05, 0.1) is 0 Å². The summed E-state index contributed by atoms with van der Waals surface area (Å²) in [5.74, 6) is 1.62. The van der Waals surface area contributed by atoms with E-state index in [1.165, 1.54) is 88.0 Å². The van der Waals surface area contributed by atoms with E-state index in [9.17, 15) is 0 Å². The van der Waals surface area contributed by atoms with Crippen molar-refractivity contribution in [3.05, 3.63) is 227 Å². The molecule has 1 aliphatic heterocycles. The molecule has 0 saturated carbocycles. The average molecular weight is 820 g/mol. The van der Waals surface area contributed by atoms with E-state index in [1.54, 1.807) is 0 Å². The summed E-state index contributed by atoms with van der Waals surface area (Å²) in [7, 11) is 0. The average Bonchev–Trinajstić information content (AvgIpc) is 3.72. The Balaban J connectivity index is 1.03. The summed E-state index contributed by atoms with van der Waals surface area (Å²) in [4.78, 5) is 11.0. The van der Waals surface area contributed by atoms with E-state index < -0.39 is 6.17 Å². The highest BCUT2D eigenvalue weighted by Gasteiger charge is 2.37. The first-order valence-corrected chi connectivity index (χ1v) is 22.5. The van der Waals surface area contributed by atoms with E-state index >= 15 is 0 Å². The lowest BCUT2D eigenvalue weighted by atomic mass is 9.82. The molecule has 13 rings (SSSR count). The zero-order valence-electron chi connectivity index (χ0n) is 36.4. The molecule has 64 heavy (non-hydrogen) atoms. The number of rotatable bonds is 5. The topological polar surface area (TPSA) is 36.8 Å². The molecule has 1 N–H and O–H groups in total. The first-order valence-electron chi connectivity index (χ1n) is 22.5. The molecule has 0 spiro atoms. The van der Waals surface area contributed by atoms with Gasteiger partial charge in [0.1, 0.15) is 11.7 Å². The molecule has 0 radical (unpaired) electrons. The number of fused-ring (bicyclic) bond motifs is 6. The second-order valence-corrected chi connectivity index (χ2v) is 19.0. The Bertz CT molecular complexity index is 3500. The largest absolute Gasteiger partial charge is 0.324 e. The van der Waals surface area contributed by atoms with E-state index in [1.807, 2.05) is 0 Å². The van der Waals surface area contributed by atoms with Crippen LogP contribution in [0.2, 0.25) is 0 Å². The highest BCUT2D eigenvalue weighted by molar-refractivity contribution is 6.28. The second-order valence-electron chi connectivity index (χ2n) is 19.0. The SMILES string of the molecule is CC1(C)c2ccccc2-c2cc(-c3cc(-c4ccc5c(c4)-c4ccccc4C5(C)C)cc(C4N=C(c5ccccc5)NC(c5ccc6ccc7cccc8ccc5c6c78)=N4)c3)ccc21. The molecule has 1 unspecified atom stereocenters. The smallest absolute Gasteiger partial charge is 0.169 e. The normalized spacial score (nSPS) is 16.5. The summed E-state index contributed by atoms with van der Waals surface area (Å²) in [5, 5.41) is 11.2. The van der Waals surface area contributed by atoms with Crippen LogP contribution in [0.3, 0.4) is 0 Å². The first-order chi connectivity index (χ1) is 31.2. The molecule has 1 atom stereocenters. The summed E-state index contributed by atoms with van der Waals surface area (Å²) >= 11 is 0. The molecule has 2 aliphatic carbocycles. The fourth-order valence-electron chi connectivity index (χ4n) is 11.4. The molecule has 10 aromatic rings. The molecule has 0 aromatic heterocycles. The molecule has 3 aliphatic rings. The van der Waals surface area contributed by atoms with E-state index in [-0.39, 0.29) is 10.8 Å². The molecule has 3 nitrogen and oxygen atoms in total. The molecule has 1 heterocycles.